The van der Waals surface area contributed by atoms with Gasteiger partial charge in [0.1, 0.15) is 5.75 Å². The number of aryl methyl sites for hydroxylation is 2. The van der Waals surface area contributed by atoms with E-state index in [1.807, 2.05) is 37.3 Å². The SMILES string of the molecule is CCC(Oc1ccc2c(c1)CCCC2)C(=O)NCc1nc(-c2cccc(Br)c2)no1. The molecule has 1 aromatic heterocycles. The summed E-state index contributed by atoms with van der Waals surface area (Å²) in [5, 5.41) is 6.83. The second-order valence-corrected chi connectivity index (χ2v) is 8.31. The largest absolute Gasteiger partial charge is 0.481 e. The summed E-state index contributed by atoms with van der Waals surface area (Å²) in [6.45, 7) is 2.09. The maximum absolute atomic E-state index is 12.6. The molecule has 0 spiro atoms. The number of hydrogen-bond acceptors (Lipinski definition) is 5. The zero-order chi connectivity index (χ0) is 20.9. The van der Waals surface area contributed by atoms with Crippen molar-refractivity contribution in [3.8, 4) is 17.1 Å². The Labute approximate surface area is 184 Å². The number of carbonyl (C=O) groups is 1. The number of rotatable bonds is 7. The van der Waals surface area contributed by atoms with Crippen LogP contribution in [0.25, 0.3) is 11.4 Å². The van der Waals surface area contributed by atoms with Crippen LogP contribution in [0.4, 0.5) is 0 Å². The molecule has 1 aliphatic carbocycles. The lowest BCUT2D eigenvalue weighted by Gasteiger charge is -2.20. The number of fused-ring (bicyclic) bond motifs is 1. The quantitative estimate of drug-likeness (QED) is 0.534. The molecule has 7 heteroatoms. The summed E-state index contributed by atoms with van der Waals surface area (Å²) in [4.78, 5) is 17.0. The Hall–Kier alpha value is -2.67. The van der Waals surface area contributed by atoms with Crippen LogP contribution in [0.1, 0.15) is 43.2 Å². The van der Waals surface area contributed by atoms with Gasteiger partial charge in [0, 0.05) is 10.0 Å². The first-order chi connectivity index (χ1) is 14.6. The van der Waals surface area contributed by atoms with Gasteiger partial charge in [-0.2, -0.15) is 4.98 Å². The monoisotopic (exact) mass is 469 g/mol. The summed E-state index contributed by atoms with van der Waals surface area (Å²) >= 11 is 3.43. The van der Waals surface area contributed by atoms with Crippen molar-refractivity contribution in [1.29, 1.82) is 0 Å². The highest BCUT2D eigenvalue weighted by molar-refractivity contribution is 9.10. The first-order valence-electron chi connectivity index (χ1n) is 10.3. The van der Waals surface area contributed by atoms with Gasteiger partial charge in [-0.25, -0.2) is 0 Å². The van der Waals surface area contributed by atoms with Gasteiger partial charge in [-0.05, 0) is 67.5 Å². The Morgan fingerprint density at radius 3 is 2.83 bits per heavy atom. The number of carbonyl (C=O) groups excluding carboxylic acids is 1. The third kappa shape index (κ3) is 4.90. The molecule has 3 aromatic rings. The number of aromatic nitrogens is 2. The molecule has 0 saturated heterocycles. The minimum Gasteiger partial charge on any atom is -0.481 e. The number of ether oxygens (including phenoxy) is 1. The first-order valence-corrected chi connectivity index (χ1v) is 11.1. The molecular weight excluding hydrogens is 446 g/mol. The maximum atomic E-state index is 12.6. The van der Waals surface area contributed by atoms with E-state index in [4.69, 9.17) is 9.26 Å². The standard InChI is InChI=1S/C23H24BrN3O3/c1-2-20(29-19-11-10-15-6-3-4-7-16(15)13-19)23(28)25-14-21-26-22(27-30-21)17-8-5-9-18(24)12-17/h5,8-13,20H,2-4,6-7,14H2,1H3,(H,25,28). The zero-order valence-electron chi connectivity index (χ0n) is 16.9. The van der Waals surface area contributed by atoms with Crippen LogP contribution in [0, 0.1) is 0 Å². The van der Waals surface area contributed by atoms with Crippen LogP contribution in [0.15, 0.2) is 51.5 Å². The van der Waals surface area contributed by atoms with E-state index in [1.54, 1.807) is 0 Å². The highest BCUT2D eigenvalue weighted by Crippen LogP contribution is 2.26. The Kier molecular flexibility index (Phi) is 6.47. The van der Waals surface area contributed by atoms with E-state index in [2.05, 4.69) is 43.5 Å². The third-order valence-electron chi connectivity index (χ3n) is 5.23. The summed E-state index contributed by atoms with van der Waals surface area (Å²) in [5.41, 5.74) is 3.57. The van der Waals surface area contributed by atoms with Crippen LogP contribution in [-0.2, 0) is 24.2 Å². The van der Waals surface area contributed by atoms with Crippen LogP contribution < -0.4 is 10.1 Å². The molecule has 30 heavy (non-hydrogen) atoms. The minimum absolute atomic E-state index is 0.157. The van der Waals surface area contributed by atoms with Crippen molar-refractivity contribution >= 4 is 21.8 Å². The Morgan fingerprint density at radius 1 is 1.20 bits per heavy atom. The summed E-state index contributed by atoms with van der Waals surface area (Å²) in [5.74, 6) is 1.38. The number of benzene rings is 2. The van der Waals surface area contributed by atoms with Gasteiger partial charge in [0.05, 0.1) is 6.54 Å². The van der Waals surface area contributed by atoms with Gasteiger partial charge >= 0.3 is 0 Å². The van der Waals surface area contributed by atoms with Crippen molar-refractivity contribution in [3.05, 3.63) is 64.0 Å². The molecule has 1 aliphatic rings. The molecular formula is C23H24BrN3O3. The molecule has 1 atom stereocenters. The van der Waals surface area contributed by atoms with E-state index in [0.717, 1.165) is 28.6 Å². The van der Waals surface area contributed by atoms with Crippen molar-refractivity contribution in [3.63, 3.8) is 0 Å². The molecule has 1 unspecified atom stereocenters. The maximum Gasteiger partial charge on any atom is 0.261 e. The molecule has 156 valence electrons. The van der Waals surface area contributed by atoms with Crippen molar-refractivity contribution in [2.45, 2.75) is 51.7 Å². The number of hydrogen-bond donors (Lipinski definition) is 1. The van der Waals surface area contributed by atoms with Gasteiger partial charge in [-0.1, -0.05) is 46.2 Å². The van der Waals surface area contributed by atoms with Crippen LogP contribution in [0.2, 0.25) is 0 Å². The molecule has 0 saturated carbocycles. The number of nitrogens with zero attached hydrogens (tertiary/aromatic N) is 2. The summed E-state index contributed by atoms with van der Waals surface area (Å²) in [7, 11) is 0. The van der Waals surface area contributed by atoms with Crippen LogP contribution in [0.5, 0.6) is 5.75 Å². The highest BCUT2D eigenvalue weighted by atomic mass is 79.9. The van der Waals surface area contributed by atoms with Gasteiger partial charge in [-0.15, -0.1) is 0 Å². The fourth-order valence-electron chi connectivity index (χ4n) is 3.62. The fourth-order valence-corrected chi connectivity index (χ4v) is 4.02. The third-order valence-corrected chi connectivity index (χ3v) is 5.72. The molecule has 0 bridgehead atoms. The number of amides is 1. The van der Waals surface area contributed by atoms with Crippen molar-refractivity contribution in [2.24, 2.45) is 0 Å². The lowest BCUT2D eigenvalue weighted by molar-refractivity contribution is -0.128. The average Bonchev–Trinajstić information content (AvgIpc) is 3.25. The van der Waals surface area contributed by atoms with E-state index >= 15 is 0 Å². The summed E-state index contributed by atoms with van der Waals surface area (Å²) in [6.07, 6.45) is 4.65. The van der Waals surface area contributed by atoms with Crippen molar-refractivity contribution in [1.82, 2.24) is 15.5 Å². The minimum atomic E-state index is -0.570. The van der Waals surface area contributed by atoms with Gasteiger partial charge in [0.2, 0.25) is 11.7 Å². The smallest absolute Gasteiger partial charge is 0.261 e. The summed E-state index contributed by atoms with van der Waals surface area (Å²) in [6, 6.07) is 13.8. The molecule has 1 amide bonds. The van der Waals surface area contributed by atoms with E-state index in [-0.39, 0.29) is 12.5 Å². The number of halogens is 1. The Bertz CT molecular complexity index is 1030. The van der Waals surface area contributed by atoms with Crippen LogP contribution in [0.3, 0.4) is 0 Å². The number of nitrogens with one attached hydrogen (secondary N) is 1. The normalized spacial score (nSPS) is 14.1. The molecule has 1 N–H and O–H groups in total. The Balaban J connectivity index is 1.36. The van der Waals surface area contributed by atoms with Crippen LogP contribution in [-0.4, -0.2) is 22.2 Å². The fraction of sp³-hybridized carbons (Fsp3) is 0.348. The topological polar surface area (TPSA) is 77.2 Å². The van der Waals surface area contributed by atoms with Gasteiger partial charge in [0.15, 0.2) is 6.10 Å². The second-order valence-electron chi connectivity index (χ2n) is 7.39. The predicted octanol–water partition coefficient (Wildman–Crippen LogP) is 4.85. The van der Waals surface area contributed by atoms with Crippen molar-refractivity contribution < 1.29 is 14.1 Å². The van der Waals surface area contributed by atoms with E-state index in [9.17, 15) is 4.79 Å². The lowest BCUT2D eigenvalue weighted by Crippen LogP contribution is -2.37. The average molecular weight is 470 g/mol. The van der Waals surface area contributed by atoms with Crippen LogP contribution >= 0.6 is 15.9 Å². The second kappa shape index (κ2) is 9.43. The molecule has 0 radical (unpaired) electrons. The Morgan fingerprint density at radius 2 is 2.03 bits per heavy atom. The molecule has 4 rings (SSSR count). The molecule has 0 aliphatic heterocycles. The van der Waals surface area contributed by atoms with Crippen molar-refractivity contribution in [2.75, 3.05) is 0 Å². The molecule has 0 fully saturated rings. The zero-order valence-corrected chi connectivity index (χ0v) is 18.4. The molecule has 6 nitrogen and oxygen atoms in total. The molecule has 2 aromatic carbocycles. The van der Waals surface area contributed by atoms with E-state index < -0.39 is 6.10 Å². The lowest BCUT2D eigenvalue weighted by atomic mass is 9.92. The van der Waals surface area contributed by atoms with Gasteiger partial charge in [-0.3, -0.25) is 4.79 Å². The van der Waals surface area contributed by atoms with Gasteiger partial charge < -0.3 is 14.6 Å². The molecule has 1 heterocycles. The summed E-state index contributed by atoms with van der Waals surface area (Å²) < 4.78 is 12.2. The van der Waals surface area contributed by atoms with E-state index in [1.165, 1.54) is 24.0 Å². The predicted molar refractivity (Wildman–Crippen MR) is 117 cm³/mol. The van der Waals surface area contributed by atoms with E-state index in [0.29, 0.717) is 18.1 Å². The van der Waals surface area contributed by atoms with Gasteiger partial charge in [0.25, 0.3) is 5.91 Å². The first kappa shape index (κ1) is 20.6. The highest BCUT2D eigenvalue weighted by Gasteiger charge is 2.20.